The van der Waals surface area contributed by atoms with E-state index >= 15 is 0 Å². The molecule has 14 heavy (non-hydrogen) atoms. The van der Waals surface area contributed by atoms with Crippen molar-refractivity contribution in [2.45, 2.75) is 23.7 Å². The Labute approximate surface area is 83.9 Å². The lowest BCUT2D eigenvalue weighted by Gasteiger charge is -2.20. The number of fused-ring (bicyclic) bond motifs is 1. The molecule has 2 bridgehead atoms. The number of ether oxygens (including phenoxy) is 2. The highest BCUT2D eigenvalue weighted by molar-refractivity contribution is 6.22. The highest BCUT2D eigenvalue weighted by Crippen LogP contribution is 2.51. The molecule has 76 valence electrons. The number of rotatable bonds is 1. The summed E-state index contributed by atoms with van der Waals surface area (Å²) in [7, 11) is 0. The quantitative estimate of drug-likeness (QED) is 0.480. The van der Waals surface area contributed by atoms with E-state index in [9.17, 15) is 9.59 Å². The first-order valence-electron chi connectivity index (χ1n) is 4.34. The van der Waals surface area contributed by atoms with Crippen molar-refractivity contribution >= 4 is 23.5 Å². The van der Waals surface area contributed by atoms with Crippen LogP contribution in [0.2, 0.25) is 0 Å². The largest absolute Gasteiger partial charge is 0.481 e. The van der Waals surface area contributed by atoms with E-state index in [4.69, 9.17) is 26.2 Å². The van der Waals surface area contributed by atoms with E-state index < -0.39 is 47.5 Å². The number of hydrogen-bond acceptors (Lipinski definition) is 4. The first kappa shape index (κ1) is 8.49. The van der Waals surface area contributed by atoms with Crippen LogP contribution in [0.3, 0.4) is 0 Å². The molecule has 1 N–H and O–H groups in total. The topological polar surface area (TPSA) is 72.8 Å². The van der Waals surface area contributed by atoms with Gasteiger partial charge >= 0.3 is 11.9 Å². The highest BCUT2D eigenvalue weighted by atomic mass is 35.5. The minimum atomic E-state index is -1.04. The summed E-state index contributed by atoms with van der Waals surface area (Å²) in [6.45, 7) is 0. The van der Waals surface area contributed by atoms with E-state index in [0.29, 0.717) is 0 Å². The van der Waals surface area contributed by atoms with Gasteiger partial charge in [-0.1, -0.05) is 0 Å². The molecule has 0 radical (unpaired) electrons. The fourth-order valence-electron chi connectivity index (χ4n) is 2.60. The molecule has 0 spiro atoms. The molecule has 0 unspecified atom stereocenters. The second kappa shape index (κ2) is 2.41. The summed E-state index contributed by atoms with van der Waals surface area (Å²) in [5.41, 5.74) is 0. The molecule has 0 aromatic heterocycles. The summed E-state index contributed by atoms with van der Waals surface area (Å²) in [6, 6.07) is 0. The van der Waals surface area contributed by atoms with Crippen LogP contribution >= 0.6 is 11.6 Å². The molecule has 3 aliphatic heterocycles. The van der Waals surface area contributed by atoms with Crippen LogP contribution in [0.4, 0.5) is 0 Å². The second-order valence-corrected chi connectivity index (χ2v) is 4.30. The van der Waals surface area contributed by atoms with E-state index in [1.54, 1.807) is 0 Å². The Hall–Kier alpha value is -0.810. The smallest absolute Gasteiger partial charge is 0.313 e. The van der Waals surface area contributed by atoms with Crippen molar-refractivity contribution in [2.75, 3.05) is 0 Å². The van der Waals surface area contributed by atoms with E-state index in [1.807, 2.05) is 0 Å². The van der Waals surface area contributed by atoms with Crippen molar-refractivity contribution in [3.8, 4) is 0 Å². The normalized spacial score (nSPS) is 53.6. The maximum Gasteiger partial charge on any atom is 0.313 e. The van der Waals surface area contributed by atoms with Gasteiger partial charge in [0.2, 0.25) is 0 Å². The summed E-state index contributed by atoms with van der Waals surface area (Å²) >= 11 is 5.94. The minimum absolute atomic E-state index is 0.448. The average Bonchev–Trinajstić information content (AvgIpc) is 2.67. The number of carbonyl (C=O) groups is 2. The molecular formula is C8H7ClO5. The molecule has 3 aliphatic rings. The van der Waals surface area contributed by atoms with Gasteiger partial charge in [0, 0.05) is 0 Å². The zero-order valence-electron chi connectivity index (χ0n) is 6.92. The van der Waals surface area contributed by atoms with Gasteiger partial charge in [-0.3, -0.25) is 9.59 Å². The Kier molecular flexibility index (Phi) is 1.46. The zero-order chi connectivity index (χ0) is 10.0. The van der Waals surface area contributed by atoms with Crippen molar-refractivity contribution in [3.63, 3.8) is 0 Å². The van der Waals surface area contributed by atoms with Gasteiger partial charge in [-0.25, -0.2) is 0 Å². The third-order valence-corrected chi connectivity index (χ3v) is 3.67. The van der Waals surface area contributed by atoms with Gasteiger partial charge in [-0.05, 0) is 0 Å². The van der Waals surface area contributed by atoms with Crippen molar-refractivity contribution in [1.82, 2.24) is 0 Å². The predicted octanol–water partition coefficient (Wildman–Crippen LogP) is -0.383. The molecule has 3 rings (SSSR count). The number of carboxylic acid groups (broad SMARTS) is 1. The van der Waals surface area contributed by atoms with Gasteiger partial charge in [0.15, 0.2) is 0 Å². The zero-order valence-corrected chi connectivity index (χ0v) is 7.68. The molecule has 0 saturated carbocycles. The molecule has 0 amide bonds. The van der Waals surface area contributed by atoms with E-state index in [1.165, 1.54) is 0 Å². The summed E-state index contributed by atoms with van der Waals surface area (Å²) in [4.78, 5) is 22.3. The van der Waals surface area contributed by atoms with Crippen molar-refractivity contribution in [2.24, 2.45) is 11.8 Å². The third kappa shape index (κ3) is 0.757. The van der Waals surface area contributed by atoms with Gasteiger partial charge < -0.3 is 14.6 Å². The number of alkyl halides is 1. The van der Waals surface area contributed by atoms with E-state index in [-0.39, 0.29) is 0 Å². The number of carbonyl (C=O) groups excluding carboxylic acids is 1. The minimum Gasteiger partial charge on any atom is -0.481 e. The van der Waals surface area contributed by atoms with Gasteiger partial charge in [-0.2, -0.15) is 0 Å². The van der Waals surface area contributed by atoms with Crippen LogP contribution in [0.1, 0.15) is 0 Å². The monoisotopic (exact) mass is 218 g/mol. The first-order valence-corrected chi connectivity index (χ1v) is 4.78. The molecule has 3 heterocycles. The van der Waals surface area contributed by atoms with E-state index in [0.717, 1.165) is 0 Å². The number of halogens is 1. The number of carboxylic acids is 1. The average molecular weight is 219 g/mol. The van der Waals surface area contributed by atoms with Gasteiger partial charge in [0.05, 0.1) is 6.10 Å². The standard InChI is InChI=1S/C8H7ClO5/c9-3-4-1(7(10)11)2-5(13-4)6(3)14-8(2)12/h1-6H,(H,10,11)/t1-,2+,3-,4+,5+,6-/m0/s1. The van der Waals surface area contributed by atoms with Crippen LogP contribution in [0.15, 0.2) is 0 Å². The molecule has 0 aromatic carbocycles. The van der Waals surface area contributed by atoms with Crippen molar-refractivity contribution in [3.05, 3.63) is 0 Å². The Balaban J connectivity index is 2.04. The van der Waals surface area contributed by atoms with Crippen LogP contribution < -0.4 is 0 Å². The maximum atomic E-state index is 11.3. The third-order valence-electron chi connectivity index (χ3n) is 3.17. The number of esters is 1. The van der Waals surface area contributed by atoms with Crippen molar-refractivity contribution < 1.29 is 24.2 Å². The SMILES string of the molecule is O=C(O)[C@@H]1[C@H]2O[C@H]3[C@@H](OC(=O)[C@@H]31)[C@H]2Cl. The Morgan fingerprint density at radius 1 is 1.36 bits per heavy atom. The van der Waals surface area contributed by atoms with Crippen LogP contribution in [-0.4, -0.2) is 40.7 Å². The van der Waals surface area contributed by atoms with Gasteiger partial charge in [0.1, 0.15) is 29.4 Å². The predicted molar refractivity (Wildman–Crippen MR) is 42.8 cm³/mol. The summed E-state index contributed by atoms with van der Waals surface area (Å²) < 4.78 is 10.3. The molecular weight excluding hydrogens is 212 g/mol. The molecule has 3 fully saturated rings. The maximum absolute atomic E-state index is 11.3. The number of hydrogen-bond donors (Lipinski definition) is 1. The molecule has 0 aromatic rings. The Morgan fingerprint density at radius 3 is 2.71 bits per heavy atom. The van der Waals surface area contributed by atoms with Crippen LogP contribution in [0.5, 0.6) is 0 Å². The van der Waals surface area contributed by atoms with Crippen LogP contribution in [0.25, 0.3) is 0 Å². The van der Waals surface area contributed by atoms with Crippen LogP contribution in [0, 0.1) is 11.8 Å². The molecule has 6 heteroatoms. The van der Waals surface area contributed by atoms with Gasteiger partial charge in [0.25, 0.3) is 0 Å². The lowest BCUT2D eigenvalue weighted by atomic mass is 9.80. The summed E-state index contributed by atoms with van der Waals surface area (Å²) in [5, 5.41) is 8.42. The Bertz CT molecular complexity index is 330. The fraction of sp³-hybridized carbons (Fsp3) is 0.750. The first-order chi connectivity index (χ1) is 6.61. The summed E-state index contributed by atoms with van der Waals surface area (Å²) in [5.74, 6) is -3.02. The lowest BCUT2D eigenvalue weighted by Crippen LogP contribution is -2.42. The van der Waals surface area contributed by atoms with Crippen molar-refractivity contribution in [1.29, 1.82) is 0 Å². The van der Waals surface area contributed by atoms with Crippen LogP contribution in [-0.2, 0) is 19.1 Å². The van der Waals surface area contributed by atoms with Gasteiger partial charge in [-0.15, -0.1) is 11.6 Å². The van der Waals surface area contributed by atoms with E-state index in [2.05, 4.69) is 0 Å². The molecule has 0 aliphatic carbocycles. The molecule has 3 saturated heterocycles. The highest BCUT2D eigenvalue weighted by Gasteiger charge is 2.70. The summed E-state index contributed by atoms with van der Waals surface area (Å²) in [6.07, 6.45) is -1.48. The lowest BCUT2D eigenvalue weighted by molar-refractivity contribution is -0.151. The number of aliphatic carboxylic acids is 1. The second-order valence-electron chi connectivity index (χ2n) is 3.80. The molecule has 6 atom stereocenters. The Morgan fingerprint density at radius 2 is 2.07 bits per heavy atom. The fourth-order valence-corrected chi connectivity index (χ4v) is 3.01. The molecule has 5 nitrogen and oxygen atoms in total.